The molecule has 0 atom stereocenters. The normalized spacial score (nSPS) is 12.0. The minimum absolute atomic E-state index is 0.300. The lowest BCUT2D eigenvalue weighted by molar-refractivity contribution is -0.370. The lowest BCUT2D eigenvalue weighted by atomic mass is 10.4. The molecule has 0 fully saturated rings. The summed E-state index contributed by atoms with van der Waals surface area (Å²) in [5.74, 6) is 0. The molecule has 0 amide bonds. The molecule has 0 heterocycles. The average Bonchev–Trinajstić information content (AvgIpc) is 2.39. The average molecular weight is 300 g/mol. The zero-order valence-electron chi connectivity index (χ0n) is 12.0. The molecule has 8 nitrogen and oxygen atoms in total. The number of rotatable bonds is 14. The molecule has 0 N–H and O–H groups in total. The highest BCUT2D eigenvalue weighted by atomic mass is 28.4. The summed E-state index contributed by atoms with van der Waals surface area (Å²) >= 11 is 0. The summed E-state index contributed by atoms with van der Waals surface area (Å²) in [4.78, 5) is 13.6. The second-order valence-electron chi connectivity index (χ2n) is 3.42. The molecule has 0 aliphatic heterocycles. The predicted octanol–water partition coefficient (Wildman–Crippen LogP) is 1.38. The molecule has 0 aliphatic rings. The van der Waals surface area contributed by atoms with Gasteiger partial charge in [-0.1, -0.05) is 13.3 Å². The quantitative estimate of drug-likeness (QED) is 0.206. The summed E-state index contributed by atoms with van der Waals surface area (Å²) in [6.45, 7) is 3.74. The van der Waals surface area contributed by atoms with Crippen LogP contribution in [0.4, 0.5) is 0 Å². The molecule has 0 unspecified atom stereocenters. The van der Waals surface area contributed by atoms with Crippen LogP contribution in [0.1, 0.15) is 26.2 Å². The Labute approximate surface area is 115 Å². The Morgan fingerprint density at radius 1 is 0.737 bits per heavy atom. The van der Waals surface area contributed by atoms with Gasteiger partial charge in [-0.2, -0.15) is 13.7 Å². The van der Waals surface area contributed by atoms with E-state index in [4.69, 9.17) is 22.9 Å². The number of hydrogen-bond acceptors (Lipinski definition) is 8. The number of unbranched alkanes of at least 4 members (excludes halogenated alkanes) is 1. The van der Waals surface area contributed by atoms with Crippen LogP contribution in [0.5, 0.6) is 0 Å². The summed E-state index contributed by atoms with van der Waals surface area (Å²) in [5, 5.41) is 0. The molecule has 0 aromatic rings. The Morgan fingerprint density at radius 2 is 1.26 bits per heavy atom. The maximum absolute atomic E-state index is 5.39. The Morgan fingerprint density at radius 3 is 1.74 bits per heavy atom. The summed E-state index contributed by atoms with van der Waals surface area (Å²) in [6, 6.07) is 0. The molecule has 0 aliphatic carbocycles. The maximum Gasteiger partial charge on any atom is 0.764 e. The fourth-order valence-corrected chi connectivity index (χ4v) is 2.36. The first kappa shape index (κ1) is 18.9. The van der Waals surface area contributed by atoms with Crippen molar-refractivity contribution in [1.82, 2.24) is 0 Å². The van der Waals surface area contributed by atoms with Crippen LogP contribution in [0.15, 0.2) is 0 Å². The molecule has 0 aromatic carbocycles. The Kier molecular flexibility index (Phi) is 12.8. The van der Waals surface area contributed by atoms with Crippen LogP contribution in [0.3, 0.4) is 0 Å². The van der Waals surface area contributed by atoms with Crippen molar-refractivity contribution in [2.24, 2.45) is 0 Å². The van der Waals surface area contributed by atoms with Crippen molar-refractivity contribution in [1.29, 1.82) is 0 Å². The zero-order valence-corrected chi connectivity index (χ0v) is 13.0. The van der Waals surface area contributed by atoms with Crippen LogP contribution in [0.25, 0.3) is 0 Å². The van der Waals surface area contributed by atoms with Crippen molar-refractivity contribution in [2.75, 3.05) is 41.2 Å². The van der Waals surface area contributed by atoms with Gasteiger partial charge in [-0.15, -0.1) is 0 Å². The molecular weight excluding hydrogens is 276 g/mol. The van der Waals surface area contributed by atoms with E-state index in [1.807, 2.05) is 0 Å². The van der Waals surface area contributed by atoms with Gasteiger partial charge >= 0.3 is 9.05 Å². The first-order valence-electron chi connectivity index (χ1n) is 6.11. The molecular formula is C10H24O8Si. The van der Waals surface area contributed by atoms with Gasteiger partial charge in [-0.3, -0.25) is 0 Å². The Bertz CT molecular complexity index is 177. The van der Waals surface area contributed by atoms with E-state index in [0.717, 1.165) is 19.4 Å². The standard InChI is InChI=1S/C10H24O8Si/c1-5-6-8-14-9-7-10-15-19(16-11-2,17-12-3)18-13-4/h5-10H2,1-4H3. The molecule has 0 bridgehead atoms. The maximum atomic E-state index is 5.39. The second kappa shape index (κ2) is 12.9. The number of hydrogen-bond donors (Lipinski definition) is 0. The van der Waals surface area contributed by atoms with Crippen molar-refractivity contribution in [3.63, 3.8) is 0 Å². The van der Waals surface area contributed by atoms with E-state index in [2.05, 4.69) is 21.6 Å². The van der Waals surface area contributed by atoms with Crippen LogP contribution in [0.2, 0.25) is 0 Å². The van der Waals surface area contributed by atoms with Crippen LogP contribution in [-0.4, -0.2) is 50.2 Å². The van der Waals surface area contributed by atoms with Crippen molar-refractivity contribution in [2.45, 2.75) is 26.2 Å². The number of ether oxygens (including phenoxy) is 1. The van der Waals surface area contributed by atoms with Gasteiger partial charge in [0, 0.05) is 19.8 Å². The topological polar surface area (TPSA) is 73.8 Å². The molecule has 0 aromatic heterocycles. The fourth-order valence-electron chi connectivity index (χ4n) is 1.13. The van der Waals surface area contributed by atoms with E-state index in [1.54, 1.807) is 0 Å². The van der Waals surface area contributed by atoms with Gasteiger partial charge in [0.15, 0.2) is 0 Å². The molecule has 116 valence electrons. The highest BCUT2D eigenvalue weighted by Gasteiger charge is 2.51. The molecule has 0 radical (unpaired) electrons. The third kappa shape index (κ3) is 9.43. The van der Waals surface area contributed by atoms with Crippen LogP contribution >= 0.6 is 0 Å². The largest absolute Gasteiger partial charge is 0.764 e. The van der Waals surface area contributed by atoms with Gasteiger partial charge in [-0.05, 0) is 12.8 Å². The van der Waals surface area contributed by atoms with Gasteiger partial charge in [0.25, 0.3) is 0 Å². The summed E-state index contributed by atoms with van der Waals surface area (Å²) in [7, 11) is 0.315. The van der Waals surface area contributed by atoms with E-state index >= 15 is 0 Å². The second-order valence-corrected chi connectivity index (χ2v) is 5.21. The third-order valence-electron chi connectivity index (χ3n) is 1.91. The molecule has 0 spiro atoms. The lowest BCUT2D eigenvalue weighted by Gasteiger charge is -2.22. The van der Waals surface area contributed by atoms with Gasteiger partial charge in [0.1, 0.15) is 0 Å². The molecule has 9 heteroatoms. The first-order chi connectivity index (χ1) is 9.24. The molecule has 0 saturated heterocycles. The van der Waals surface area contributed by atoms with Crippen molar-refractivity contribution >= 4 is 9.05 Å². The van der Waals surface area contributed by atoms with E-state index in [9.17, 15) is 0 Å². The Hall–Kier alpha value is -0.103. The minimum atomic E-state index is -3.59. The summed E-state index contributed by atoms with van der Waals surface area (Å²) in [5.41, 5.74) is 0. The summed E-state index contributed by atoms with van der Waals surface area (Å²) < 4.78 is 25.3. The predicted molar refractivity (Wildman–Crippen MR) is 66.3 cm³/mol. The van der Waals surface area contributed by atoms with E-state index < -0.39 is 9.05 Å². The smallest absolute Gasteiger partial charge is 0.381 e. The van der Waals surface area contributed by atoms with Crippen LogP contribution in [0, 0.1) is 0 Å². The molecule has 0 rings (SSSR count). The lowest BCUT2D eigenvalue weighted by Crippen LogP contribution is -2.48. The van der Waals surface area contributed by atoms with Gasteiger partial charge in [0.2, 0.25) is 0 Å². The molecule has 0 saturated carbocycles. The highest BCUT2D eigenvalue weighted by Crippen LogP contribution is 2.13. The van der Waals surface area contributed by atoms with E-state index in [-0.39, 0.29) is 0 Å². The third-order valence-corrected chi connectivity index (χ3v) is 3.58. The van der Waals surface area contributed by atoms with Gasteiger partial charge in [-0.25, -0.2) is 14.7 Å². The monoisotopic (exact) mass is 300 g/mol. The molecule has 19 heavy (non-hydrogen) atoms. The van der Waals surface area contributed by atoms with Crippen molar-refractivity contribution < 1.29 is 37.6 Å². The van der Waals surface area contributed by atoms with Crippen LogP contribution < -0.4 is 0 Å². The van der Waals surface area contributed by atoms with E-state index in [1.165, 1.54) is 21.3 Å². The Balaban J connectivity index is 3.89. The van der Waals surface area contributed by atoms with Crippen molar-refractivity contribution in [3.8, 4) is 0 Å². The SMILES string of the molecule is CCCCOCCCO[Si](OOC)(OOC)OOC. The minimum Gasteiger partial charge on any atom is -0.381 e. The highest BCUT2D eigenvalue weighted by molar-refractivity contribution is 6.52. The first-order valence-corrected chi connectivity index (χ1v) is 7.75. The van der Waals surface area contributed by atoms with E-state index in [0.29, 0.717) is 19.6 Å². The summed E-state index contributed by atoms with van der Waals surface area (Å²) in [6.07, 6.45) is 2.81. The van der Waals surface area contributed by atoms with Crippen LogP contribution in [-0.2, 0) is 37.6 Å². The zero-order chi connectivity index (χ0) is 14.4. The fraction of sp³-hybridized carbons (Fsp3) is 1.00. The van der Waals surface area contributed by atoms with Gasteiger partial charge in [0.05, 0.1) is 21.3 Å². The van der Waals surface area contributed by atoms with Gasteiger partial charge < -0.3 is 9.16 Å². The van der Waals surface area contributed by atoms with Crippen molar-refractivity contribution in [3.05, 3.63) is 0 Å².